The molecule has 0 aliphatic carbocycles. The zero-order valence-electron chi connectivity index (χ0n) is 18.4. The van der Waals surface area contributed by atoms with Crippen LogP contribution in [0.25, 0.3) is 11.0 Å². The molecule has 1 saturated heterocycles. The van der Waals surface area contributed by atoms with Gasteiger partial charge in [-0.2, -0.15) is 0 Å². The number of hydrogen-bond acceptors (Lipinski definition) is 5. The first-order valence-corrected chi connectivity index (χ1v) is 11.7. The summed E-state index contributed by atoms with van der Waals surface area (Å²) in [6.07, 6.45) is 3.66. The summed E-state index contributed by atoms with van der Waals surface area (Å²) < 4.78 is 7.01. The van der Waals surface area contributed by atoms with E-state index in [0.717, 1.165) is 49.1 Å². The number of piperidine rings is 1. The van der Waals surface area contributed by atoms with E-state index in [1.807, 2.05) is 12.1 Å². The van der Waals surface area contributed by atoms with Gasteiger partial charge in [-0.25, -0.2) is 0 Å². The van der Waals surface area contributed by atoms with Gasteiger partial charge < -0.3 is 19.5 Å². The summed E-state index contributed by atoms with van der Waals surface area (Å²) in [6, 6.07) is 10.5. The number of nitrogens with zero attached hydrogens (tertiary/aromatic N) is 3. The zero-order valence-corrected chi connectivity index (χ0v) is 19.9. The van der Waals surface area contributed by atoms with Crippen molar-refractivity contribution >= 4 is 40.1 Å². The van der Waals surface area contributed by atoms with Crippen LogP contribution >= 0.6 is 23.2 Å². The number of hydrogen-bond donors (Lipinski definition) is 1. The van der Waals surface area contributed by atoms with Crippen molar-refractivity contribution in [3.8, 4) is 5.75 Å². The second kappa shape index (κ2) is 10.5. The number of likely N-dealkylation sites (tertiary alicyclic amines) is 1. The first-order chi connectivity index (χ1) is 15.9. The van der Waals surface area contributed by atoms with Crippen molar-refractivity contribution in [2.45, 2.75) is 31.8 Å². The fourth-order valence-electron chi connectivity index (χ4n) is 4.15. The molecule has 9 heteroatoms. The van der Waals surface area contributed by atoms with Gasteiger partial charge in [0.25, 0.3) is 5.56 Å². The Kier molecular flexibility index (Phi) is 7.53. The van der Waals surface area contributed by atoms with Crippen molar-refractivity contribution in [3.63, 3.8) is 0 Å². The van der Waals surface area contributed by atoms with Gasteiger partial charge in [-0.15, -0.1) is 0 Å². The van der Waals surface area contributed by atoms with Gasteiger partial charge in [0.05, 0.1) is 40.8 Å². The highest BCUT2D eigenvalue weighted by Gasteiger charge is 2.21. The number of carbonyl (C=O) groups excluding carboxylic acids is 1. The number of carbonyl (C=O) groups is 1. The van der Waals surface area contributed by atoms with Crippen LogP contribution in [0.4, 0.5) is 0 Å². The second-order valence-corrected chi connectivity index (χ2v) is 9.03. The van der Waals surface area contributed by atoms with Gasteiger partial charge in [0, 0.05) is 44.4 Å². The summed E-state index contributed by atoms with van der Waals surface area (Å²) in [5.74, 6) is 0.606. The lowest BCUT2D eigenvalue weighted by Crippen LogP contribution is -2.46. The standard InChI is InChI=1S/C24H26Cl2N4O3/c1-33-18-14-22-21(27-15-18)4-5-24(32)30(22)11-10-29-8-6-17(7-9-29)28-23(31)13-16-2-3-19(25)20(26)12-16/h2-5,12,14-15,17H,6-11,13H2,1H3,(H,28,31). The average Bonchev–Trinajstić information content (AvgIpc) is 2.81. The largest absolute Gasteiger partial charge is 0.495 e. The predicted molar refractivity (Wildman–Crippen MR) is 130 cm³/mol. The molecule has 1 fully saturated rings. The fourth-order valence-corrected chi connectivity index (χ4v) is 4.47. The summed E-state index contributed by atoms with van der Waals surface area (Å²) in [5, 5.41) is 4.06. The molecule has 3 heterocycles. The minimum absolute atomic E-state index is 0.0180. The molecule has 0 bridgehead atoms. The molecule has 1 aliphatic heterocycles. The van der Waals surface area contributed by atoms with Crippen molar-refractivity contribution in [1.29, 1.82) is 0 Å². The molecule has 3 aromatic rings. The molecular formula is C24H26Cl2N4O3. The number of ether oxygens (including phenoxy) is 1. The van der Waals surface area contributed by atoms with E-state index >= 15 is 0 Å². The molecule has 0 saturated carbocycles. The Labute approximate surface area is 202 Å². The minimum Gasteiger partial charge on any atom is -0.495 e. The van der Waals surface area contributed by atoms with Crippen LogP contribution in [-0.2, 0) is 17.8 Å². The third kappa shape index (κ3) is 5.85. The topological polar surface area (TPSA) is 76.5 Å². The molecule has 1 amide bonds. The number of aromatic nitrogens is 2. The lowest BCUT2D eigenvalue weighted by molar-refractivity contribution is -0.121. The Morgan fingerprint density at radius 3 is 2.64 bits per heavy atom. The number of fused-ring (bicyclic) bond motifs is 1. The lowest BCUT2D eigenvalue weighted by Gasteiger charge is -2.32. The number of rotatable bonds is 7. The van der Waals surface area contributed by atoms with Crippen LogP contribution in [-0.4, -0.2) is 53.1 Å². The fraction of sp³-hybridized carbons (Fsp3) is 0.375. The molecule has 0 atom stereocenters. The van der Waals surface area contributed by atoms with E-state index in [0.29, 0.717) is 22.3 Å². The van der Waals surface area contributed by atoms with Gasteiger partial charge in [0.2, 0.25) is 5.91 Å². The number of halogens is 2. The normalized spacial score (nSPS) is 15.0. The molecule has 1 N–H and O–H groups in total. The number of methoxy groups -OCH3 is 1. The van der Waals surface area contributed by atoms with Crippen LogP contribution in [0.15, 0.2) is 47.4 Å². The third-order valence-electron chi connectivity index (χ3n) is 5.99. The first kappa shape index (κ1) is 23.5. The Hall–Kier alpha value is -2.61. The average molecular weight is 489 g/mol. The van der Waals surface area contributed by atoms with E-state index in [1.165, 1.54) is 0 Å². The zero-order chi connectivity index (χ0) is 23.4. The summed E-state index contributed by atoms with van der Waals surface area (Å²) in [7, 11) is 1.59. The van der Waals surface area contributed by atoms with Gasteiger partial charge in [0.15, 0.2) is 0 Å². The monoisotopic (exact) mass is 488 g/mol. The molecule has 7 nitrogen and oxygen atoms in total. The highest BCUT2D eigenvalue weighted by molar-refractivity contribution is 6.42. The Morgan fingerprint density at radius 1 is 1.12 bits per heavy atom. The summed E-state index contributed by atoms with van der Waals surface area (Å²) in [6.45, 7) is 3.04. The van der Waals surface area contributed by atoms with Gasteiger partial charge in [0.1, 0.15) is 5.75 Å². The molecule has 0 radical (unpaired) electrons. The van der Waals surface area contributed by atoms with Gasteiger partial charge in [-0.05, 0) is 36.6 Å². The van der Waals surface area contributed by atoms with Gasteiger partial charge >= 0.3 is 0 Å². The number of benzene rings is 1. The Morgan fingerprint density at radius 2 is 1.91 bits per heavy atom. The van der Waals surface area contributed by atoms with Gasteiger partial charge in [-0.1, -0.05) is 29.3 Å². The predicted octanol–water partition coefficient (Wildman–Crippen LogP) is 3.54. The van der Waals surface area contributed by atoms with E-state index in [1.54, 1.807) is 42.1 Å². The summed E-state index contributed by atoms with van der Waals surface area (Å²) in [4.78, 5) is 31.6. The van der Waals surface area contributed by atoms with Crippen molar-refractivity contribution < 1.29 is 9.53 Å². The highest BCUT2D eigenvalue weighted by atomic mass is 35.5. The number of pyridine rings is 2. The van der Waals surface area contributed by atoms with Crippen LogP contribution in [0.3, 0.4) is 0 Å². The van der Waals surface area contributed by atoms with E-state index in [2.05, 4.69) is 15.2 Å². The van der Waals surface area contributed by atoms with Crippen LogP contribution < -0.4 is 15.6 Å². The van der Waals surface area contributed by atoms with Gasteiger partial charge in [-0.3, -0.25) is 14.6 Å². The third-order valence-corrected chi connectivity index (χ3v) is 6.73. The van der Waals surface area contributed by atoms with Crippen LogP contribution in [0.2, 0.25) is 10.0 Å². The highest BCUT2D eigenvalue weighted by Crippen LogP contribution is 2.23. The Bertz CT molecular complexity index is 1210. The van der Waals surface area contributed by atoms with E-state index < -0.39 is 0 Å². The maximum atomic E-state index is 12.5. The summed E-state index contributed by atoms with van der Waals surface area (Å²) in [5.41, 5.74) is 2.32. The van der Waals surface area contributed by atoms with Crippen LogP contribution in [0.5, 0.6) is 5.75 Å². The molecule has 4 rings (SSSR count). The molecule has 0 spiro atoms. The lowest BCUT2D eigenvalue weighted by atomic mass is 10.0. The van der Waals surface area contributed by atoms with E-state index in [4.69, 9.17) is 27.9 Å². The van der Waals surface area contributed by atoms with Crippen molar-refractivity contribution in [3.05, 3.63) is 68.6 Å². The smallest absolute Gasteiger partial charge is 0.251 e. The minimum atomic E-state index is -0.0537. The van der Waals surface area contributed by atoms with E-state index in [-0.39, 0.29) is 23.9 Å². The van der Waals surface area contributed by atoms with Crippen molar-refractivity contribution in [2.24, 2.45) is 0 Å². The molecule has 1 aliphatic rings. The SMILES string of the molecule is COc1cnc2ccc(=O)n(CCN3CCC(NC(=O)Cc4ccc(Cl)c(Cl)c4)CC3)c2c1. The molecule has 174 valence electrons. The molecule has 33 heavy (non-hydrogen) atoms. The molecule has 1 aromatic carbocycles. The molecule has 2 aromatic heterocycles. The maximum absolute atomic E-state index is 12.5. The summed E-state index contributed by atoms with van der Waals surface area (Å²) >= 11 is 12.0. The second-order valence-electron chi connectivity index (χ2n) is 8.21. The molecule has 0 unspecified atom stereocenters. The number of amides is 1. The number of nitrogens with one attached hydrogen (secondary N) is 1. The first-order valence-electron chi connectivity index (χ1n) is 10.9. The quantitative estimate of drug-likeness (QED) is 0.550. The maximum Gasteiger partial charge on any atom is 0.251 e. The molecular weight excluding hydrogens is 463 g/mol. The van der Waals surface area contributed by atoms with Crippen molar-refractivity contribution in [2.75, 3.05) is 26.7 Å². The Balaban J connectivity index is 1.29. The van der Waals surface area contributed by atoms with E-state index in [9.17, 15) is 9.59 Å². The van der Waals surface area contributed by atoms with Crippen LogP contribution in [0.1, 0.15) is 18.4 Å². The van der Waals surface area contributed by atoms with Crippen molar-refractivity contribution in [1.82, 2.24) is 19.8 Å². The van der Waals surface area contributed by atoms with Crippen LogP contribution in [0, 0.1) is 0 Å².